The van der Waals surface area contributed by atoms with Crippen molar-refractivity contribution in [2.45, 2.75) is 11.3 Å². The lowest BCUT2D eigenvalue weighted by Gasteiger charge is -2.09. The highest BCUT2D eigenvalue weighted by Gasteiger charge is 2.17. The lowest BCUT2D eigenvalue weighted by molar-refractivity contribution is -0.115. The average molecular weight is 378 g/mol. The maximum atomic E-state index is 12.3. The molecule has 1 heterocycles. The maximum Gasteiger partial charge on any atom is 0.228 e. The van der Waals surface area contributed by atoms with Gasteiger partial charge in [-0.15, -0.1) is 0 Å². The van der Waals surface area contributed by atoms with Crippen LogP contribution in [0.25, 0.3) is 10.9 Å². The monoisotopic (exact) mass is 377 g/mol. The summed E-state index contributed by atoms with van der Waals surface area (Å²) in [6, 6.07) is 10.2. The molecule has 1 aromatic heterocycles. The lowest BCUT2D eigenvalue weighted by atomic mass is 10.1. The minimum Gasteiger partial charge on any atom is -0.326 e. The van der Waals surface area contributed by atoms with Gasteiger partial charge in [0.25, 0.3) is 0 Å². The average Bonchev–Trinajstić information content (AvgIpc) is 2.87. The zero-order chi connectivity index (χ0) is 18.2. The van der Waals surface area contributed by atoms with E-state index in [4.69, 9.17) is 11.6 Å². The zero-order valence-corrected chi connectivity index (χ0v) is 15.2. The highest BCUT2D eigenvalue weighted by Crippen LogP contribution is 2.27. The summed E-state index contributed by atoms with van der Waals surface area (Å²) in [6.45, 7) is 0. The maximum absolute atomic E-state index is 12.3. The van der Waals surface area contributed by atoms with Gasteiger partial charge in [0.1, 0.15) is 0 Å². The Morgan fingerprint density at radius 3 is 2.68 bits per heavy atom. The molecule has 0 unspecified atom stereocenters. The summed E-state index contributed by atoms with van der Waals surface area (Å²) in [4.78, 5) is 12.4. The minimum absolute atomic E-state index is 0.0914. The van der Waals surface area contributed by atoms with Gasteiger partial charge in [0, 0.05) is 35.6 Å². The van der Waals surface area contributed by atoms with Crippen molar-refractivity contribution in [3.05, 3.63) is 53.2 Å². The van der Waals surface area contributed by atoms with Crippen LogP contribution in [0.1, 0.15) is 5.56 Å². The number of benzene rings is 2. The molecule has 25 heavy (non-hydrogen) atoms. The second-order valence-corrected chi connectivity index (χ2v) is 8.19. The van der Waals surface area contributed by atoms with E-state index < -0.39 is 9.84 Å². The lowest BCUT2D eigenvalue weighted by Crippen LogP contribution is -2.15. The van der Waals surface area contributed by atoms with Gasteiger partial charge in [-0.25, -0.2) is 8.42 Å². The summed E-state index contributed by atoms with van der Waals surface area (Å²) in [6.07, 6.45) is 2.86. The Morgan fingerprint density at radius 2 is 2.00 bits per heavy atom. The Balaban J connectivity index is 1.94. The van der Waals surface area contributed by atoms with Crippen LogP contribution >= 0.6 is 11.6 Å². The van der Waals surface area contributed by atoms with Gasteiger partial charge in [0.05, 0.1) is 16.8 Å². The number of carbonyl (C=O) groups is 1. The largest absolute Gasteiger partial charge is 0.326 e. The number of aromatic nitrogens is 2. The van der Waals surface area contributed by atoms with Gasteiger partial charge < -0.3 is 5.32 Å². The number of anilines is 1. The van der Waals surface area contributed by atoms with E-state index in [1.807, 2.05) is 0 Å². The zero-order valence-electron chi connectivity index (χ0n) is 13.7. The van der Waals surface area contributed by atoms with E-state index in [0.717, 1.165) is 6.26 Å². The first kappa shape index (κ1) is 17.4. The van der Waals surface area contributed by atoms with E-state index in [1.165, 1.54) is 10.7 Å². The second-order valence-electron chi connectivity index (χ2n) is 5.80. The highest BCUT2D eigenvalue weighted by molar-refractivity contribution is 7.91. The fourth-order valence-corrected chi connectivity index (χ4v) is 3.71. The van der Waals surface area contributed by atoms with Crippen LogP contribution in [0, 0.1) is 0 Å². The molecule has 0 spiro atoms. The van der Waals surface area contributed by atoms with Crippen LogP contribution < -0.4 is 5.32 Å². The molecule has 0 fully saturated rings. The molecule has 1 amide bonds. The number of aryl methyl sites for hydroxylation is 1. The van der Waals surface area contributed by atoms with Crippen molar-refractivity contribution >= 4 is 43.9 Å². The molecule has 0 saturated heterocycles. The molecule has 0 bridgehead atoms. The quantitative estimate of drug-likeness (QED) is 0.758. The van der Waals surface area contributed by atoms with Crippen molar-refractivity contribution in [2.75, 3.05) is 11.6 Å². The van der Waals surface area contributed by atoms with Crippen LogP contribution in [0.2, 0.25) is 5.02 Å². The first-order valence-electron chi connectivity index (χ1n) is 7.45. The number of hydrogen-bond donors (Lipinski definition) is 1. The minimum atomic E-state index is -3.47. The first-order valence-corrected chi connectivity index (χ1v) is 9.72. The molecule has 3 aromatic rings. The van der Waals surface area contributed by atoms with Crippen LogP contribution in [0.3, 0.4) is 0 Å². The SMILES string of the molecule is Cn1cc2c(S(C)(=O)=O)cc(NC(=O)Cc3ccccc3Cl)cc2n1. The third-order valence-electron chi connectivity index (χ3n) is 3.69. The van der Waals surface area contributed by atoms with Gasteiger partial charge in [0.15, 0.2) is 9.84 Å². The van der Waals surface area contributed by atoms with E-state index in [1.54, 1.807) is 43.6 Å². The van der Waals surface area contributed by atoms with Crippen molar-refractivity contribution in [1.82, 2.24) is 9.78 Å². The summed E-state index contributed by atoms with van der Waals surface area (Å²) < 4.78 is 25.7. The van der Waals surface area contributed by atoms with Gasteiger partial charge in [-0.3, -0.25) is 9.48 Å². The van der Waals surface area contributed by atoms with E-state index >= 15 is 0 Å². The van der Waals surface area contributed by atoms with Gasteiger partial charge >= 0.3 is 0 Å². The third kappa shape index (κ3) is 3.83. The molecule has 2 aromatic carbocycles. The molecule has 0 aliphatic heterocycles. The number of nitrogens with one attached hydrogen (secondary N) is 1. The number of hydrogen-bond acceptors (Lipinski definition) is 4. The number of nitrogens with zero attached hydrogens (tertiary/aromatic N) is 2. The highest BCUT2D eigenvalue weighted by atomic mass is 35.5. The number of amides is 1. The molecular weight excluding hydrogens is 362 g/mol. The van der Waals surface area contributed by atoms with E-state index in [9.17, 15) is 13.2 Å². The molecule has 6 nitrogen and oxygen atoms in total. The Hall–Kier alpha value is -2.38. The van der Waals surface area contributed by atoms with Crippen molar-refractivity contribution in [3.63, 3.8) is 0 Å². The third-order valence-corrected chi connectivity index (χ3v) is 5.20. The van der Waals surface area contributed by atoms with Crippen molar-refractivity contribution < 1.29 is 13.2 Å². The molecule has 0 atom stereocenters. The van der Waals surface area contributed by atoms with Crippen LogP contribution in [-0.2, 0) is 28.1 Å². The summed E-state index contributed by atoms with van der Waals surface area (Å²) >= 11 is 6.07. The van der Waals surface area contributed by atoms with E-state index in [2.05, 4.69) is 10.4 Å². The molecule has 8 heteroatoms. The predicted octanol–water partition coefficient (Wildman–Crippen LogP) is 2.81. The molecule has 1 N–H and O–H groups in total. The predicted molar refractivity (Wildman–Crippen MR) is 97.6 cm³/mol. The summed E-state index contributed by atoms with van der Waals surface area (Å²) in [7, 11) is -1.76. The first-order chi connectivity index (χ1) is 11.7. The van der Waals surface area contributed by atoms with Gasteiger partial charge in [0.2, 0.25) is 5.91 Å². The van der Waals surface area contributed by atoms with Crippen LogP contribution in [0.4, 0.5) is 5.69 Å². The molecule has 0 aliphatic carbocycles. The Kier molecular flexibility index (Phi) is 4.53. The molecule has 0 saturated carbocycles. The van der Waals surface area contributed by atoms with Gasteiger partial charge in [-0.1, -0.05) is 29.8 Å². The smallest absolute Gasteiger partial charge is 0.228 e. The van der Waals surface area contributed by atoms with Gasteiger partial charge in [-0.05, 0) is 23.8 Å². The number of fused-ring (bicyclic) bond motifs is 1. The molecular formula is C17H16ClN3O3S. The number of rotatable bonds is 4. The fraction of sp³-hybridized carbons (Fsp3) is 0.176. The standard InChI is InChI=1S/C17H16ClN3O3S/c1-21-10-13-15(20-21)8-12(9-16(13)25(2,23)24)19-17(22)7-11-5-3-4-6-14(11)18/h3-6,8-10H,7H2,1-2H3,(H,19,22). The topological polar surface area (TPSA) is 81.1 Å². The normalized spacial score (nSPS) is 11.6. The summed E-state index contributed by atoms with van der Waals surface area (Å²) in [5.41, 5.74) is 1.58. The number of sulfone groups is 1. The summed E-state index contributed by atoms with van der Waals surface area (Å²) in [5.74, 6) is -0.289. The Morgan fingerprint density at radius 1 is 1.28 bits per heavy atom. The Bertz CT molecular complexity index is 1070. The van der Waals surface area contributed by atoms with Crippen LogP contribution in [0.15, 0.2) is 47.5 Å². The number of carbonyl (C=O) groups excluding carboxylic acids is 1. The molecule has 0 radical (unpaired) electrons. The number of halogens is 1. The molecule has 3 rings (SSSR count). The fourth-order valence-electron chi connectivity index (χ4n) is 2.61. The Labute approximate surface area is 150 Å². The second kappa shape index (κ2) is 6.50. The van der Waals surface area contributed by atoms with Crippen molar-refractivity contribution in [2.24, 2.45) is 7.05 Å². The molecule has 130 valence electrons. The van der Waals surface area contributed by atoms with Crippen LogP contribution in [0.5, 0.6) is 0 Å². The van der Waals surface area contributed by atoms with Crippen molar-refractivity contribution in [1.29, 1.82) is 0 Å². The van der Waals surface area contributed by atoms with Crippen molar-refractivity contribution in [3.8, 4) is 0 Å². The van der Waals surface area contributed by atoms with E-state index in [-0.39, 0.29) is 17.2 Å². The van der Waals surface area contributed by atoms with Crippen LogP contribution in [-0.4, -0.2) is 30.4 Å². The van der Waals surface area contributed by atoms with Gasteiger partial charge in [-0.2, -0.15) is 5.10 Å². The summed E-state index contributed by atoms with van der Waals surface area (Å²) in [5, 5.41) is 7.98. The van der Waals surface area contributed by atoms with E-state index in [0.29, 0.717) is 27.2 Å². The molecule has 0 aliphatic rings.